The summed E-state index contributed by atoms with van der Waals surface area (Å²) >= 11 is 0. The first-order valence-electron chi connectivity index (χ1n) is 37.1. The van der Waals surface area contributed by atoms with Crippen LogP contribution in [0.15, 0.2) is 48.6 Å². The second-order valence-electron chi connectivity index (χ2n) is 25.2. The summed E-state index contributed by atoms with van der Waals surface area (Å²) in [6.07, 6.45) is 91.5. The molecule has 0 heterocycles. The Morgan fingerprint density at radius 2 is 0.434 bits per heavy atom. The zero-order chi connectivity index (χ0) is 59.9. The minimum atomic E-state index is -0.774. The molecule has 6 nitrogen and oxygen atoms in total. The fraction of sp³-hybridized carbons (Fsp3) is 0.857. The smallest absolute Gasteiger partial charge is 0.306 e. The molecule has 0 rings (SSSR count). The molecule has 1 atom stereocenters. The van der Waals surface area contributed by atoms with Gasteiger partial charge in [-0.25, -0.2) is 0 Å². The minimum Gasteiger partial charge on any atom is -0.462 e. The molecular weight excluding hydrogens is 1020 g/mol. The number of carbonyl (C=O) groups excluding carboxylic acids is 3. The monoisotopic (exact) mass is 1160 g/mol. The largest absolute Gasteiger partial charge is 0.462 e. The van der Waals surface area contributed by atoms with Crippen molar-refractivity contribution in [3.63, 3.8) is 0 Å². The Hall–Kier alpha value is -2.63. The highest BCUT2D eigenvalue weighted by Crippen LogP contribution is 2.18. The standard InChI is InChI=1S/C77H142O6/c1-4-7-10-13-16-19-22-25-27-29-31-33-35-37-38-40-41-43-45-47-49-52-55-58-61-64-67-70-76(79)82-73-74(72-81-75(78)69-66-63-60-57-54-51-24-21-18-15-12-9-6-3)83-77(80)71-68-65-62-59-56-53-50-48-46-44-42-39-36-34-32-30-28-26-23-20-17-14-11-8-5-2/h23,26,29-32,36,39,74H,4-22,24-25,27-28,33-35,37-38,40-73H2,1-3H3/b26-23-,31-29-,32-30-,39-36-. The van der Waals surface area contributed by atoms with E-state index in [1.807, 2.05) is 0 Å². The Bertz CT molecular complexity index is 1430. The lowest BCUT2D eigenvalue weighted by molar-refractivity contribution is -0.167. The van der Waals surface area contributed by atoms with Crippen LogP contribution in [0.1, 0.15) is 406 Å². The number of allylic oxidation sites excluding steroid dienone is 8. The molecule has 0 spiro atoms. The summed E-state index contributed by atoms with van der Waals surface area (Å²) in [5.74, 6) is -0.844. The normalized spacial score (nSPS) is 12.3. The summed E-state index contributed by atoms with van der Waals surface area (Å²) in [5.41, 5.74) is 0. The number of hydrogen-bond acceptors (Lipinski definition) is 6. The van der Waals surface area contributed by atoms with Gasteiger partial charge in [0.15, 0.2) is 6.10 Å². The van der Waals surface area contributed by atoms with E-state index in [9.17, 15) is 14.4 Å². The zero-order valence-corrected chi connectivity index (χ0v) is 56.0. The third-order valence-electron chi connectivity index (χ3n) is 16.8. The van der Waals surface area contributed by atoms with Gasteiger partial charge in [0, 0.05) is 19.3 Å². The maximum atomic E-state index is 13.0. The highest BCUT2D eigenvalue weighted by Gasteiger charge is 2.19. The van der Waals surface area contributed by atoms with E-state index in [2.05, 4.69) is 69.4 Å². The number of ether oxygens (including phenoxy) is 3. The number of hydrogen-bond donors (Lipinski definition) is 0. The number of rotatable bonds is 69. The van der Waals surface area contributed by atoms with Crippen LogP contribution in [0.3, 0.4) is 0 Å². The summed E-state index contributed by atoms with van der Waals surface area (Å²) in [7, 11) is 0. The van der Waals surface area contributed by atoms with Gasteiger partial charge in [-0.15, -0.1) is 0 Å². The number of carbonyl (C=O) groups is 3. The molecule has 0 fully saturated rings. The van der Waals surface area contributed by atoms with Crippen LogP contribution in [-0.4, -0.2) is 37.2 Å². The summed E-state index contributed by atoms with van der Waals surface area (Å²) in [6, 6.07) is 0. The van der Waals surface area contributed by atoms with Crippen LogP contribution < -0.4 is 0 Å². The highest BCUT2D eigenvalue weighted by atomic mass is 16.6. The second kappa shape index (κ2) is 71.8. The summed E-state index contributed by atoms with van der Waals surface area (Å²) in [4.78, 5) is 38.5. The van der Waals surface area contributed by atoms with Crippen LogP contribution in [0.25, 0.3) is 0 Å². The van der Waals surface area contributed by atoms with Gasteiger partial charge < -0.3 is 14.2 Å². The molecule has 83 heavy (non-hydrogen) atoms. The lowest BCUT2D eigenvalue weighted by atomic mass is 10.0. The van der Waals surface area contributed by atoms with Crippen molar-refractivity contribution in [2.75, 3.05) is 13.2 Å². The van der Waals surface area contributed by atoms with Crippen LogP contribution in [-0.2, 0) is 28.6 Å². The SMILES string of the molecule is CCCCCCC/C=C\C/C=C\C/C=C\CCCCCCCCCCCCC(=O)OC(COC(=O)CCCCCCCCCCCCCCC)COC(=O)CCCCCCCCCCCCCCCCC/C=C\CCCCCCCCCC. The van der Waals surface area contributed by atoms with E-state index in [0.717, 1.165) is 70.6 Å². The Balaban J connectivity index is 4.23. The van der Waals surface area contributed by atoms with Crippen molar-refractivity contribution >= 4 is 17.9 Å². The molecule has 6 heteroatoms. The fourth-order valence-corrected chi connectivity index (χ4v) is 11.2. The van der Waals surface area contributed by atoms with Crippen LogP contribution in [0, 0.1) is 0 Å². The molecule has 0 aliphatic heterocycles. The van der Waals surface area contributed by atoms with Gasteiger partial charge in [0.25, 0.3) is 0 Å². The first-order valence-corrected chi connectivity index (χ1v) is 37.1. The minimum absolute atomic E-state index is 0.0695. The Kier molecular flexibility index (Phi) is 69.6. The fourth-order valence-electron chi connectivity index (χ4n) is 11.2. The molecule has 0 saturated heterocycles. The topological polar surface area (TPSA) is 78.9 Å². The van der Waals surface area contributed by atoms with Gasteiger partial charge in [-0.3, -0.25) is 14.4 Å². The van der Waals surface area contributed by atoms with Gasteiger partial charge in [-0.05, 0) is 83.5 Å². The molecule has 486 valence electrons. The molecule has 0 aromatic rings. The highest BCUT2D eigenvalue weighted by molar-refractivity contribution is 5.71. The third-order valence-corrected chi connectivity index (χ3v) is 16.8. The van der Waals surface area contributed by atoms with E-state index < -0.39 is 6.10 Å². The molecule has 0 amide bonds. The van der Waals surface area contributed by atoms with Crippen molar-refractivity contribution in [2.45, 2.75) is 412 Å². The van der Waals surface area contributed by atoms with E-state index in [0.29, 0.717) is 19.3 Å². The van der Waals surface area contributed by atoms with Crippen molar-refractivity contribution in [3.8, 4) is 0 Å². The zero-order valence-electron chi connectivity index (χ0n) is 56.0. The van der Waals surface area contributed by atoms with Gasteiger partial charge in [0.1, 0.15) is 13.2 Å². The molecule has 1 unspecified atom stereocenters. The number of esters is 3. The second-order valence-corrected chi connectivity index (χ2v) is 25.2. The van der Waals surface area contributed by atoms with Crippen molar-refractivity contribution in [3.05, 3.63) is 48.6 Å². The predicted molar refractivity (Wildman–Crippen MR) is 362 cm³/mol. The Morgan fingerprint density at radius 3 is 0.687 bits per heavy atom. The molecule has 0 radical (unpaired) electrons. The first kappa shape index (κ1) is 80.4. The van der Waals surface area contributed by atoms with Crippen LogP contribution in [0.4, 0.5) is 0 Å². The summed E-state index contributed by atoms with van der Waals surface area (Å²) < 4.78 is 17.0. The van der Waals surface area contributed by atoms with Crippen molar-refractivity contribution < 1.29 is 28.6 Å². The van der Waals surface area contributed by atoms with E-state index in [1.165, 1.54) is 295 Å². The van der Waals surface area contributed by atoms with Gasteiger partial charge in [-0.1, -0.05) is 352 Å². The molecular formula is C77H142O6. The molecule has 0 aromatic heterocycles. The van der Waals surface area contributed by atoms with E-state index in [-0.39, 0.29) is 31.1 Å². The van der Waals surface area contributed by atoms with Gasteiger partial charge in [0.2, 0.25) is 0 Å². The first-order chi connectivity index (χ1) is 41.0. The quantitative estimate of drug-likeness (QED) is 0.0261. The predicted octanol–water partition coefficient (Wildman–Crippen LogP) is 25.7. The molecule has 0 N–H and O–H groups in total. The van der Waals surface area contributed by atoms with Crippen LogP contribution in [0.2, 0.25) is 0 Å². The molecule has 0 bridgehead atoms. The van der Waals surface area contributed by atoms with Crippen molar-refractivity contribution in [1.82, 2.24) is 0 Å². The molecule has 0 aliphatic rings. The molecule has 0 aromatic carbocycles. The molecule has 0 saturated carbocycles. The van der Waals surface area contributed by atoms with Crippen LogP contribution >= 0.6 is 0 Å². The van der Waals surface area contributed by atoms with Gasteiger partial charge in [0.05, 0.1) is 0 Å². The van der Waals surface area contributed by atoms with E-state index >= 15 is 0 Å². The van der Waals surface area contributed by atoms with E-state index in [4.69, 9.17) is 14.2 Å². The lowest BCUT2D eigenvalue weighted by Gasteiger charge is -2.18. The van der Waals surface area contributed by atoms with Gasteiger partial charge in [-0.2, -0.15) is 0 Å². The average molecular weight is 1160 g/mol. The van der Waals surface area contributed by atoms with E-state index in [1.54, 1.807) is 0 Å². The number of unbranched alkanes of at least 4 members (excludes halogenated alkanes) is 50. The maximum Gasteiger partial charge on any atom is 0.306 e. The summed E-state index contributed by atoms with van der Waals surface area (Å²) in [5, 5.41) is 0. The third kappa shape index (κ3) is 70.0. The summed E-state index contributed by atoms with van der Waals surface area (Å²) in [6.45, 7) is 6.70. The van der Waals surface area contributed by atoms with Gasteiger partial charge >= 0.3 is 17.9 Å². The maximum absolute atomic E-state index is 13.0. The van der Waals surface area contributed by atoms with Crippen LogP contribution in [0.5, 0.6) is 0 Å². The molecule has 0 aliphatic carbocycles. The Morgan fingerprint density at radius 1 is 0.241 bits per heavy atom. The Labute approximate surface area is 518 Å². The van der Waals surface area contributed by atoms with Crippen molar-refractivity contribution in [2.24, 2.45) is 0 Å². The lowest BCUT2D eigenvalue weighted by Crippen LogP contribution is -2.30. The average Bonchev–Trinajstić information content (AvgIpc) is 3.49. The van der Waals surface area contributed by atoms with Crippen molar-refractivity contribution in [1.29, 1.82) is 0 Å².